The first-order chi connectivity index (χ1) is 12.3. The van der Waals surface area contributed by atoms with Gasteiger partial charge in [0.05, 0.1) is 12.6 Å². The van der Waals surface area contributed by atoms with E-state index in [2.05, 4.69) is 31.0 Å². The summed E-state index contributed by atoms with van der Waals surface area (Å²) in [6, 6.07) is 7.58. The van der Waals surface area contributed by atoms with Crippen LogP contribution in [0.1, 0.15) is 39.7 Å². The summed E-state index contributed by atoms with van der Waals surface area (Å²) in [5.41, 5.74) is 1.92. The Morgan fingerprint density at radius 1 is 1.23 bits per heavy atom. The quantitative estimate of drug-likeness (QED) is 0.849. The summed E-state index contributed by atoms with van der Waals surface area (Å²) in [5.74, 6) is 1.06. The van der Waals surface area contributed by atoms with Gasteiger partial charge in [-0.05, 0) is 43.2 Å². The summed E-state index contributed by atoms with van der Waals surface area (Å²) < 4.78 is 0. The molecule has 0 radical (unpaired) electrons. The fourth-order valence-electron chi connectivity index (χ4n) is 3.94. The van der Waals surface area contributed by atoms with Crippen LogP contribution in [0.4, 0.5) is 5.69 Å². The summed E-state index contributed by atoms with van der Waals surface area (Å²) in [4.78, 5) is 28.9. The van der Waals surface area contributed by atoms with E-state index in [4.69, 9.17) is 0 Å². The molecule has 1 aliphatic rings. The first-order valence-electron chi connectivity index (χ1n) is 9.68. The van der Waals surface area contributed by atoms with E-state index < -0.39 is 0 Å². The van der Waals surface area contributed by atoms with Crippen molar-refractivity contribution in [2.24, 2.45) is 11.8 Å². The van der Waals surface area contributed by atoms with E-state index in [9.17, 15) is 9.59 Å². The van der Waals surface area contributed by atoms with Crippen LogP contribution in [0, 0.1) is 11.8 Å². The molecule has 1 saturated heterocycles. The monoisotopic (exact) mass is 359 g/mol. The number of piperidine rings is 1. The summed E-state index contributed by atoms with van der Waals surface area (Å²) in [6.45, 7) is 10.4. The predicted octanol–water partition coefficient (Wildman–Crippen LogP) is 3.01. The summed E-state index contributed by atoms with van der Waals surface area (Å²) in [5, 5.41) is 2.93. The zero-order valence-electron chi connectivity index (χ0n) is 16.8. The third-order valence-corrected chi connectivity index (χ3v) is 5.23. The summed E-state index contributed by atoms with van der Waals surface area (Å²) >= 11 is 0. The van der Waals surface area contributed by atoms with E-state index in [1.165, 1.54) is 6.42 Å². The van der Waals surface area contributed by atoms with Crippen LogP contribution in [0.15, 0.2) is 24.3 Å². The van der Waals surface area contributed by atoms with Gasteiger partial charge in [-0.2, -0.15) is 0 Å². The minimum absolute atomic E-state index is 0.00484. The van der Waals surface area contributed by atoms with Gasteiger partial charge in [0.15, 0.2) is 0 Å². The third kappa shape index (κ3) is 5.31. The number of carbonyl (C=O) groups is 2. The Morgan fingerprint density at radius 2 is 1.85 bits per heavy atom. The molecule has 1 aromatic rings. The number of carbonyl (C=O) groups excluding carboxylic acids is 2. The Hall–Kier alpha value is -1.88. The Kier molecular flexibility index (Phi) is 7.21. The maximum absolute atomic E-state index is 12.8. The number of likely N-dealkylation sites (N-methyl/N-ethyl adjacent to an activating group) is 1. The largest absolute Gasteiger partial charge is 0.335 e. The molecule has 0 spiro atoms. The molecular formula is C21H33N3O2. The molecule has 3 atom stereocenters. The highest BCUT2D eigenvalue weighted by atomic mass is 16.2. The first kappa shape index (κ1) is 20.4. The van der Waals surface area contributed by atoms with Crippen LogP contribution in [0.5, 0.6) is 0 Å². The van der Waals surface area contributed by atoms with E-state index in [0.717, 1.165) is 30.8 Å². The Bertz CT molecular complexity index is 621. The molecule has 0 bridgehead atoms. The van der Waals surface area contributed by atoms with E-state index >= 15 is 0 Å². The SMILES string of the molecule is CCc1ccccc1NC(=O)CN(C)C(=O)[C@@H](C)N1C[C@H](C)C[C@H](C)C1. The predicted molar refractivity (Wildman–Crippen MR) is 106 cm³/mol. The van der Waals surface area contributed by atoms with Crippen molar-refractivity contribution in [1.82, 2.24) is 9.80 Å². The fourth-order valence-corrected chi connectivity index (χ4v) is 3.94. The van der Waals surface area contributed by atoms with Crippen molar-refractivity contribution >= 4 is 17.5 Å². The maximum atomic E-state index is 12.8. The third-order valence-electron chi connectivity index (χ3n) is 5.23. The number of aryl methyl sites for hydroxylation is 1. The first-order valence-corrected chi connectivity index (χ1v) is 9.68. The number of hydrogen-bond donors (Lipinski definition) is 1. The minimum atomic E-state index is -0.194. The van der Waals surface area contributed by atoms with Crippen molar-refractivity contribution in [3.63, 3.8) is 0 Å². The Labute approximate surface area is 157 Å². The molecule has 1 aliphatic heterocycles. The number of rotatable bonds is 6. The fraction of sp³-hybridized carbons (Fsp3) is 0.619. The molecule has 0 aromatic heterocycles. The van der Waals surface area contributed by atoms with Gasteiger partial charge in [-0.1, -0.05) is 39.0 Å². The second kappa shape index (κ2) is 9.17. The standard InChI is InChI=1S/C21H33N3O2/c1-6-18-9-7-8-10-19(18)22-20(25)14-23(5)21(26)17(4)24-12-15(2)11-16(3)13-24/h7-10,15-17H,6,11-14H2,1-5H3,(H,22,25)/t15-,16+,17-/m1/s1. The molecule has 5 nitrogen and oxygen atoms in total. The van der Waals surface area contributed by atoms with Gasteiger partial charge in [-0.15, -0.1) is 0 Å². The smallest absolute Gasteiger partial charge is 0.243 e. The molecular weight excluding hydrogens is 326 g/mol. The van der Waals surface area contributed by atoms with Crippen LogP contribution < -0.4 is 5.32 Å². The van der Waals surface area contributed by atoms with E-state index in [-0.39, 0.29) is 24.4 Å². The maximum Gasteiger partial charge on any atom is 0.243 e. The average Bonchev–Trinajstić information content (AvgIpc) is 2.59. The van der Waals surface area contributed by atoms with Gasteiger partial charge < -0.3 is 10.2 Å². The van der Waals surface area contributed by atoms with Crippen LogP contribution in [-0.4, -0.2) is 54.3 Å². The number of likely N-dealkylation sites (tertiary alicyclic amines) is 1. The van der Waals surface area contributed by atoms with Gasteiger partial charge in [0.25, 0.3) is 0 Å². The lowest BCUT2D eigenvalue weighted by Crippen LogP contribution is -2.51. The summed E-state index contributed by atoms with van der Waals surface area (Å²) in [6.07, 6.45) is 2.07. The van der Waals surface area contributed by atoms with Crippen LogP contribution in [0.2, 0.25) is 0 Å². The van der Waals surface area contributed by atoms with Gasteiger partial charge in [0.1, 0.15) is 0 Å². The second-order valence-electron chi connectivity index (χ2n) is 7.83. The lowest BCUT2D eigenvalue weighted by Gasteiger charge is -2.39. The number of hydrogen-bond acceptors (Lipinski definition) is 3. The highest BCUT2D eigenvalue weighted by molar-refractivity contribution is 5.95. The van der Waals surface area contributed by atoms with E-state index in [0.29, 0.717) is 11.8 Å². The van der Waals surface area contributed by atoms with Gasteiger partial charge in [0, 0.05) is 25.8 Å². The van der Waals surface area contributed by atoms with E-state index in [1.54, 1.807) is 11.9 Å². The molecule has 144 valence electrons. The normalized spacial score (nSPS) is 21.9. The van der Waals surface area contributed by atoms with Crippen molar-refractivity contribution in [2.45, 2.75) is 46.6 Å². The molecule has 0 saturated carbocycles. The molecule has 2 amide bonds. The Balaban J connectivity index is 1.92. The highest BCUT2D eigenvalue weighted by Crippen LogP contribution is 2.23. The molecule has 5 heteroatoms. The molecule has 1 heterocycles. The number of anilines is 1. The molecule has 0 aliphatic carbocycles. The molecule has 1 N–H and O–H groups in total. The zero-order chi connectivity index (χ0) is 19.3. The molecule has 1 fully saturated rings. The van der Waals surface area contributed by atoms with Gasteiger partial charge in [-0.25, -0.2) is 0 Å². The second-order valence-corrected chi connectivity index (χ2v) is 7.83. The van der Waals surface area contributed by atoms with Crippen molar-refractivity contribution in [2.75, 3.05) is 32.0 Å². The average molecular weight is 360 g/mol. The highest BCUT2D eigenvalue weighted by Gasteiger charge is 2.30. The number of amides is 2. The van der Waals surface area contributed by atoms with Crippen molar-refractivity contribution in [1.29, 1.82) is 0 Å². The number of para-hydroxylation sites is 1. The molecule has 0 unspecified atom stereocenters. The lowest BCUT2D eigenvalue weighted by atomic mass is 9.91. The van der Waals surface area contributed by atoms with Gasteiger partial charge in [-0.3, -0.25) is 14.5 Å². The topological polar surface area (TPSA) is 52.7 Å². The van der Waals surface area contributed by atoms with E-state index in [1.807, 2.05) is 31.2 Å². The molecule has 2 rings (SSSR count). The van der Waals surface area contributed by atoms with Gasteiger partial charge >= 0.3 is 0 Å². The van der Waals surface area contributed by atoms with Crippen LogP contribution in [-0.2, 0) is 16.0 Å². The lowest BCUT2D eigenvalue weighted by molar-refractivity contribution is -0.138. The van der Waals surface area contributed by atoms with Crippen molar-refractivity contribution in [3.05, 3.63) is 29.8 Å². The number of benzene rings is 1. The molecule has 1 aromatic carbocycles. The van der Waals surface area contributed by atoms with Crippen molar-refractivity contribution in [3.8, 4) is 0 Å². The zero-order valence-corrected chi connectivity index (χ0v) is 16.8. The number of nitrogens with zero attached hydrogens (tertiary/aromatic N) is 2. The van der Waals surface area contributed by atoms with Gasteiger partial charge in [0.2, 0.25) is 11.8 Å². The van der Waals surface area contributed by atoms with Crippen LogP contribution >= 0.6 is 0 Å². The summed E-state index contributed by atoms with van der Waals surface area (Å²) in [7, 11) is 1.71. The Morgan fingerprint density at radius 3 is 2.46 bits per heavy atom. The minimum Gasteiger partial charge on any atom is -0.335 e. The van der Waals surface area contributed by atoms with Crippen LogP contribution in [0.25, 0.3) is 0 Å². The number of nitrogens with one attached hydrogen (secondary N) is 1. The van der Waals surface area contributed by atoms with Crippen LogP contribution in [0.3, 0.4) is 0 Å². The molecule has 26 heavy (non-hydrogen) atoms. The van der Waals surface area contributed by atoms with Crippen molar-refractivity contribution < 1.29 is 9.59 Å².